The van der Waals surface area contributed by atoms with Crippen LogP contribution in [0, 0.1) is 5.82 Å². The summed E-state index contributed by atoms with van der Waals surface area (Å²) in [6.45, 7) is 1.49. The minimum absolute atomic E-state index is 0.0678. The largest absolute Gasteiger partial charge is 0.489 e. The lowest BCUT2D eigenvalue weighted by Crippen LogP contribution is -2.36. The standard InChI is InChI=1S/C24H25FN4O5/c25-17-18(26)16-20-22(19(17)28-9-3-5-14-4-1-2-8-27-14)34-11-7-24(6-10-33-13-24)29(20)12-15(21(16)30)23(31)32/h1-2,4,8,12,28H,3,5-7,9-11,13,26H2,(H,31,32). The summed E-state index contributed by atoms with van der Waals surface area (Å²) in [7, 11) is 0. The predicted molar refractivity (Wildman–Crippen MR) is 124 cm³/mol. The molecule has 34 heavy (non-hydrogen) atoms. The van der Waals surface area contributed by atoms with Crippen LogP contribution < -0.4 is 21.2 Å². The van der Waals surface area contributed by atoms with Crippen molar-refractivity contribution in [3.8, 4) is 5.75 Å². The van der Waals surface area contributed by atoms with Crippen LogP contribution >= 0.6 is 0 Å². The van der Waals surface area contributed by atoms with Crippen molar-refractivity contribution in [3.05, 3.63) is 57.9 Å². The minimum Gasteiger partial charge on any atom is -0.489 e. The van der Waals surface area contributed by atoms with Gasteiger partial charge in [-0.05, 0) is 31.4 Å². The smallest absolute Gasteiger partial charge is 0.341 e. The number of ether oxygens (including phenoxy) is 2. The van der Waals surface area contributed by atoms with Gasteiger partial charge in [-0.25, -0.2) is 9.18 Å². The Bertz CT molecular complexity index is 1320. The van der Waals surface area contributed by atoms with Gasteiger partial charge >= 0.3 is 5.97 Å². The highest BCUT2D eigenvalue weighted by atomic mass is 19.1. The number of nitrogen functional groups attached to an aromatic ring is 1. The van der Waals surface area contributed by atoms with Crippen LogP contribution in [0.3, 0.4) is 0 Å². The maximum atomic E-state index is 15.5. The predicted octanol–water partition coefficient (Wildman–Crippen LogP) is 2.76. The molecule has 10 heteroatoms. The molecule has 1 unspecified atom stereocenters. The van der Waals surface area contributed by atoms with Crippen molar-refractivity contribution in [1.82, 2.24) is 9.55 Å². The zero-order chi connectivity index (χ0) is 23.9. The molecule has 1 fully saturated rings. The number of benzene rings is 1. The fourth-order valence-corrected chi connectivity index (χ4v) is 4.85. The van der Waals surface area contributed by atoms with Crippen LogP contribution in [0.25, 0.3) is 10.9 Å². The second-order valence-corrected chi connectivity index (χ2v) is 8.68. The number of aromatic nitrogens is 2. The molecule has 1 spiro atoms. The highest BCUT2D eigenvalue weighted by Crippen LogP contribution is 2.45. The lowest BCUT2D eigenvalue weighted by Gasteiger charge is -2.30. The van der Waals surface area contributed by atoms with E-state index in [0.29, 0.717) is 51.0 Å². The molecule has 0 amide bonds. The number of aromatic carboxylic acids is 1. The molecule has 5 rings (SSSR count). The van der Waals surface area contributed by atoms with Crippen molar-refractivity contribution in [2.24, 2.45) is 0 Å². The van der Waals surface area contributed by atoms with Crippen molar-refractivity contribution < 1.29 is 23.8 Å². The van der Waals surface area contributed by atoms with Crippen LogP contribution in [-0.4, -0.2) is 47.0 Å². The van der Waals surface area contributed by atoms with E-state index in [1.54, 1.807) is 10.8 Å². The average Bonchev–Trinajstić information content (AvgIpc) is 3.24. The van der Waals surface area contributed by atoms with Gasteiger partial charge in [-0.1, -0.05) is 6.07 Å². The summed E-state index contributed by atoms with van der Waals surface area (Å²) < 4.78 is 28.9. The molecule has 3 aromatic rings. The molecule has 178 valence electrons. The van der Waals surface area contributed by atoms with Gasteiger partial charge in [0.1, 0.15) is 11.3 Å². The normalized spacial score (nSPS) is 19.2. The van der Waals surface area contributed by atoms with Gasteiger partial charge in [-0.3, -0.25) is 9.78 Å². The molecule has 0 radical (unpaired) electrons. The van der Waals surface area contributed by atoms with Crippen molar-refractivity contribution in [3.63, 3.8) is 0 Å². The van der Waals surface area contributed by atoms with E-state index in [9.17, 15) is 14.7 Å². The summed E-state index contributed by atoms with van der Waals surface area (Å²) in [5, 5.41) is 12.6. The van der Waals surface area contributed by atoms with Crippen molar-refractivity contribution in [2.45, 2.75) is 31.2 Å². The Morgan fingerprint density at radius 2 is 2.15 bits per heavy atom. The second kappa shape index (κ2) is 8.60. The molecule has 0 saturated carbocycles. The maximum Gasteiger partial charge on any atom is 0.341 e. The van der Waals surface area contributed by atoms with E-state index in [0.717, 1.165) is 5.69 Å². The lowest BCUT2D eigenvalue weighted by atomic mass is 9.93. The summed E-state index contributed by atoms with van der Waals surface area (Å²) in [6.07, 6.45) is 5.54. The quantitative estimate of drug-likeness (QED) is 0.372. The number of carboxylic acid groups (broad SMARTS) is 1. The number of hydrogen-bond donors (Lipinski definition) is 3. The van der Waals surface area contributed by atoms with Crippen molar-refractivity contribution in [2.75, 3.05) is 37.4 Å². The summed E-state index contributed by atoms with van der Waals surface area (Å²) >= 11 is 0. The van der Waals surface area contributed by atoms with Gasteiger partial charge in [0, 0.05) is 37.7 Å². The Labute approximate surface area is 194 Å². The van der Waals surface area contributed by atoms with Crippen LogP contribution in [0.5, 0.6) is 5.75 Å². The van der Waals surface area contributed by atoms with Crippen LogP contribution in [0.1, 0.15) is 35.3 Å². The molecule has 2 aliphatic rings. The van der Waals surface area contributed by atoms with Crippen molar-refractivity contribution in [1.29, 1.82) is 0 Å². The molecule has 1 atom stereocenters. The van der Waals surface area contributed by atoms with Gasteiger partial charge in [0.2, 0.25) is 5.43 Å². The van der Waals surface area contributed by atoms with E-state index < -0.39 is 34.0 Å². The van der Waals surface area contributed by atoms with Gasteiger partial charge in [0.25, 0.3) is 0 Å². The summed E-state index contributed by atoms with van der Waals surface area (Å²) in [4.78, 5) is 29.2. The van der Waals surface area contributed by atoms with E-state index in [2.05, 4.69) is 10.3 Å². The van der Waals surface area contributed by atoms with Crippen LogP contribution in [0.2, 0.25) is 0 Å². The number of hydrogen-bond acceptors (Lipinski definition) is 7. The van der Waals surface area contributed by atoms with E-state index in [-0.39, 0.29) is 23.4 Å². The number of pyridine rings is 2. The van der Waals surface area contributed by atoms with Crippen LogP contribution in [0.15, 0.2) is 35.4 Å². The molecule has 4 N–H and O–H groups in total. The fraction of sp³-hybridized carbons (Fsp3) is 0.375. The molecule has 1 aromatic carbocycles. The number of carbonyl (C=O) groups is 1. The first kappa shape index (κ1) is 22.1. The number of nitrogens with one attached hydrogen (secondary N) is 1. The first-order valence-electron chi connectivity index (χ1n) is 11.2. The first-order valence-corrected chi connectivity index (χ1v) is 11.2. The number of anilines is 2. The molecule has 4 heterocycles. The number of carboxylic acids is 1. The van der Waals surface area contributed by atoms with E-state index in [1.807, 2.05) is 18.2 Å². The number of aryl methyl sites for hydroxylation is 1. The van der Waals surface area contributed by atoms with Gasteiger partial charge in [0.15, 0.2) is 11.6 Å². The maximum absolute atomic E-state index is 15.5. The fourth-order valence-electron chi connectivity index (χ4n) is 4.85. The van der Waals surface area contributed by atoms with E-state index >= 15 is 4.39 Å². The number of nitrogens with zero attached hydrogens (tertiary/aromatic N) is 2. The highest BCUT2D eigenvalue weighted by molar-refractivity contribution is 6.03. The first-order chi connectivity index (χ1) is 16.4. The zero-order valence-electron chi connectivity index (χ0n) is 18.5. The van der Waals surface area contributed by atoms with Crippen molar-refractivity contribution >= 4 is 28.2 Å². The molecule has 0 aliphatic carbocycles. The summed E-state index contributed by atoms with van der Waals surface area (Å²) in [6, 6.07) is 5.68. The average molecular weight is 468 g/mol. The molecule has 2 aliphatic heterocycles. The van der Waals surface area contributed by atoms with Gasteiger partial charge in [0.05, 0.1) is 35.3 Å². The number of halogens is 1. The van der Waals surface area contributed by atoms with E-state index in [1.165, 1.54) is 6.20 Å². The Morgan fingerprint density at radius 1 is 1.32 bits per heavy atom. The third-order valence-electron chi connectivity index (χ3n) is 6.65. The molecular formula is C24H25FN4O5. The SMILES string of the molecule is Nc1c(F)c(NCCCc2ccccn2)c2c3c1c(=O)c(C(=O)O)cn3C1(CCOC1)CCO2. The van der Waals surface area contributed by atoms with Gasteiger partial charge in [-0.2, -0.15) is 0 Å². The molecular weight excluding hydrogens is 443 g/mol. The Kier molecular flexibility index (Phi) is 5.60. The van der Waals surface area contributed by atoms with E-state index in [4.69, 9.17) is 15.2 Å². The third-order valence-corrected chi connectivity index (χ3v) is 6.65. The third kappa shape index (κ3) is 3.54. The Morgan fingerprint density at radius 3 is 2.85 bits per heavy atom. The highest BCUT2D eigenvalue weighted by Gasteiger charge is 2.41. The Balaban J connectivity index is 1.63. The molecule has 1 saturated heterocycles. The number of rotatable bonds is 6. The summed E-state index contributed by atoms with van der Waals surface area (Å²) in [5.74, 6) is -2.06. The molecule has 2 aromatic heterocycles. The minimum atomic E-state index is -1.40. The monoisotopic (exact) mass is 468 g/mol. The topological polar surface area (TPSA) is 129 Å². The van der Waals surface area contributed by atoms with Crippen LogP contribution in [-0.2, 0) is 16.7 Å². The van der Waals surface area contributed by atoms with Gasteiger partial charge in [-0.15, -0.1) is 0 Å². The lowest BCUT2D eigenvalue weighted by molar-refractivity contribution is 0.0693. The second-order valence-electron chi connectivity index (χ2n) is 8.68. The Hall–Kier alpha value is -3.66. The molecule has 9 nitrogen and oxygen atoms in total. The molecule has 0 bridgehead atoms. The summed E-state index contributed by atoms with van der Waals surface area (Å²) in [5.41, 5.74) is 5.11. The van der Waals surface area contributed by atoms with Crippen LogP contribution in [0.4, 0.5) is 15.8 Å². The number of nitrogens with two attached hydrogens (primary N) is 1. The number of fused-ring (bicyclic) bond motifs is 1. The zero-order valence-corrected chi connectivity index (χ0v) is 18.5. The van der Waals surface area contributed by atoms with Gasteiger partial charge < -0.3 is 30.2 Å².